The van der Waals surface area contributed by atoms with Crippen LogP contribution in [0.25, 0.3) is 80.7 Å². The predicted octanol–water partition coefficient (Wildman–Crippen LogP) is 15.1. The van der Waals surface area contributed by atoms with Crippen molar-refractivity contribution in [1.29, 1.82) is 0 Å². The van der Waals surface area contributed by atoms with Gasteiger partial charge in [-0.15, -0.1) is 11.3 Å². The second kappa shape index (κ2) is 12.9. The first-order valence-corrected chi connectivity index (χ1v) is 19.6. The lowest BCUT2D eigenvalue weighted by atomic mass is 9.95. The van der Waals surface area contributed by atoms with Gasteiger partial charge in [0.2, 0.25) is 0 Å². The Morgan fingerprint density at radius 3 is 1.78 bits per heavy atom. The molecule has 11 rings (SSSR count). The molecular weight excluding hydrogens is 685 g/mol. The summed E-state index contributed by atoms with van der Waals surface area (Å²) < 4.78 is 4.96. The van der Waals surface area contributed by atoms with E-state index in [1.807, 2.05) is 11.3 Å². The van der Waals surface area contributed by atoms with E-state index in [-0.39, 0.29) is 0 Å². The monoisotopic (exact) mass is 718 g/mol. The highest BCUT2D eigenvalue weighted by molar-refractivity contribution is 7.26. The van der Waals surface area contributed by atoms with E-state index in [1.165, 1.54) is 75.0 Å². The number of benzene rings is 9. The Bertz CT molecular complexity index is 3150. The highest BCUT2D eigenvalue weighted by Crippen LogP contribution is 2.48. The minimum atomic E-state index is 1.10. The van der Waals surface area contributed by atoms with Gasteiger partial charge in [-0.05, 0) is 94.2 Å². The number of aromatic nitrogens is 1. The van der Waals surface area contributed by atoms with Crippen LogP contribution in [0.15, 0.2) is 206 Å². The Labute approximate surface area is 323 Å². The summed E-state index contributed by atoms with van der Waals surface area (Å²) in [6.07, 6.45) is 0. The molecule has 0 aliphatic carbocycles. The Morgan fingerprint density at radius 2 is 1.00 bits per heavy atom. The van der Waals surface area contributed by atoms with Crippen molar-refractivity contribution in [3.63, 3.8) is 0 Å². The molecule has 0 spiro atoms. The first-order valence-electron chi connectivity index (χ1n) is 18.8. The first-order chi connectivity index (χ1) is 27.3. The largest absolute Gasteiger partial charge is 0.309 e. The number of thiophene rings is 1. The zero-order chi connectivity index (χ0) is 36.3. The lowest BCUT2D eigenvalue weighted by molar-refractivity contribution is 1.17. The summed E-state index contributed by atoms with van der Waals surface area (Å²) in [6.45, 7) is 0. The van der Waals surface area contributed by atoms with Crippen LogP contribution in [0.5, 0.6) is 0 Å². The zero-order valence-electron chi connectivity index (χ0n) is 29.9. The molecule has 2 heterocycles. The molecule has 0 N–H and O–H groups in total. The molecule has 2 aromatic heterocycles. The van der Waals surface area contributed by atoms with Crippen molar-refractivity contribution in [2.75, 3.05) is 4.90 Å². The summed E-state index contributed by atoms with van der Waals surface area (Å²) in [5, 5.41) is 7.55. The van der Waals surface area contributed by atoms with Gasteiger partial charge in [-0.25, -0.2) is 0 Å². The lowest BCUT2D eigenvalue weighted by Crippen LogP contribution is -2.12. The van der Waals surface area contributed by atoms with Crippen molar-refractivity contribution in [2.45, 2.75) is 0 Å². The van der Waals surface area contributed by atoms with Gasteiger partial charge in [0.25, 0.3) is 0 Å². The van der Waals surface area contributed by atoms with E-state index in [0.717, 1.165) is 22.7 Å². The molecule has 0 fully saturated rings. The Balaban J connectivity index is 1.17. The molecule has 3 heteroatoms. The summed E-state index contributed by atoms with van der Waals surface area (Å²) in [7, 11) is 0. The summed E-state index contributed by atoms with van der Waals surface area (Å²) in [5.41, 5.74) is 11.7. The second-order valence-corrected chi connectivity index (χ2v) is 15.2. The summed E-state index contributed by atoms with van der Waals surface area (Å²) in [6, 6.07) is 75.3. The van der Waals surface area contributed by atoms with Gasteiger partial charge in [0.15, 0.2) is 0 Å². The van der Waals surface area contributed by atoms with E-state index in [1.54, 1.807) is 0 Å². The third kappa shape index (κ3) is 5.24. The highest BCUT2D eigenvalue weighted by atomic mass is 32.1. The van der Waals surface area contributed by atoms with Crippen molar-refractivity contribution < 1.29 is 0 Å². The Hall–Kier alpha value is -6.94. The molecular formula is C52H34N2S. The van der Waals surface area contributed by atoms with Crippen LogP contribution >= 0.6 is 11.3 Å². The predicted molar refractivity (Wildman–Crippen MR) is 237 cm³/mol. The number of nitrogens with zero attached hydrogens (tertiary/aromatic N) is 2. The number of hydrogen-bond acceptors (Lipinski definition) is 2. The standard InChI is InChI=1S/C52H34N2S/c1-2-14-36(15-3-1)42-32-27-39(38-26-25-35-13-4-5-16-37(35)33-38)34-49(42)54(48-22-12-24-51-52(48)45-19-8-11-23-50(45)55-51)41-30-28-40(29-31-41)53-46-20-9-6-17-43(46)44-18-7-10-21-47(44)53/h1-34H. The van der Waals surface area contributed by atoms with Gasteiger partial charge < -0.3 is 9.47 Å². The summed E-state index contributed by atoms with van der Waals surface area (Å²) >= 11 is 1.86. The van der Waals surface area contributed by atoms with Gasteiger partial charge in [-0.3, -0.25) is 0 Å². The molecule has 55 heavy (non-hydrogen) atoms. The summed E-state index contributed by atoms with van der Waals surface area (Å²) in [4.78, 5) is 2.49. The van der Waals surface area contributed by atoms with Crippen LogP contribution in [0.4, 0.5) is 17.1 Å². The van der Waals surface area contributed by atoms with E-state index >= 15 is 0 Å². The second-order valence-electron chi connectivity index (χ2n) is 14.1. The average Bonchev–Trinajstić information content (AvgIpc) is 3.81. The van der Waals surface area contributed by atoms with Crippen molar-refractivity contribution in [1.82, 2.24) is 4.57 Å². The topological polar surface area (TPSA) is 8.17 Å². The molecule has 11 aromatic rings. The van der Waals surface area contributed by atoms with Crippen LogP contribution in [-0.2, 0) is 0 Å². The fourth-order valence-corrected chi connectivity index (χ4v) is 9.56. The van der Waals surface area contributed by atoms with E-state index < -0.39 is 0 Å². The number of hydrogen-bond donors (Lipinski definition) is 0. The molecule has 0 bridgehead atoms. The number of para-hydroxylation sites is 2. The number of rotatable bonds is 6. The molecule has 0 amide bonds. The smallest absolute Gasteiger partial charge is 0.0555 e. The summed E-state index contributed by atoms with van der Waals surface area (Å²) in [5.74, 6) is 0. The zero-order valence-corrected chi connectivity index (χ0v) is 30.7. The van der Waals surface area contributed by atoms with Crippen molar-refractivity contribution in [2.24, 2.45) is 0 Å². The quantitative estimate of drug-likeness (QED) is 0.166. The first kappa shape index (κ1) is 31.6. The number of anilines is 3. The maximum absolute atomic E-state index is 2.49. The molecule has 0 aliphatic rings. The Kier molecular flexibility index (Phi) is 7.39. The molecule has 0 saturated carbocycles. The average molecular weight is 719 g/mol. The van der Waals surface area contributed by atoms with E-state index in [9.17, 15) is 0 Å². The van der Waals surface area contributed by atoms with Gasteiger partial charge >= 0.3 is 0 Å². The van der Waals surface area contributed by atoms with Gasteiger partial charge in [-0.2, -0.15) is 0 Å². The van der Waals surface area contributed by atoms with Gasteiger partial charge in [0.1, 0.15) is 0 Å². The fourth-order valence-electron chi connectivity index (χ4n) is 8.43. The minimum Gasteiger partial charge on any atom is -0.309 e. The van der Waals surface area contributed by atoms with Crippen molar-refractivity contribution in [3.8, 4) is 27.9 Å². The molecule has 258 valence electrons. The van der Waals surface area contributed by atoms with Gasteiger partial charge in [0.05, 0.1) is 22.4 Å². The third-order valence-electron chi connectivity index (χ3n) is 11.0. The van der Waals surface area contributed by atoms with Crippen molar-refractivity contribution >= 4 is 81.1 Å². The fraction of sp³-hybridized carbons (Fsp3) is 0. The van der Waals surface area contributed by atoms with Crippen LogP contribution in [0, 0.1) is 0 Å². The molecule has 9 aromatic carbocycles. The third-order valence-corrected chi connectivity index (χ3v) is 12.1. The van der Waals surface area contributed by atoms with E-state index in [4.69, 9.17) is 0 Å². The molecule has 0 unspecified atom stereocenters. The maximum atomic E-state index is 2.49. The van der Waals surface area contributed by atoms with Crippen LogP contribution in [0.3, 0.4) is 0 Å². The van der Waals surface area contributed by atoms with Gasteiger partial charge in [0, 0.05) is 47.9 Å². The van der Waals surface area contributed by atoms with Crippen LogP contribution in [0.1, 0.15) is 0 Å². The van der Waals surface area contributed by atoms with Crippen LogP contribution < -0.4 is 4.90 Å². The van der Waals surface area contributed by atoms with E-state index in [0.29, 0.717) is 0 Å². The SMILES string of the molecule is c1ccc(-c2ccc(-c3ccc4ccccc4c3)cc2N(c2ccc(-n3c4ccccc4c4ccccc43)cc2)c2cccc3sc4ccccc4c23)cc1. The maximum Gasteiger partial charge on any atom is 0.0555 e. The van der Waals surface area contributed by atoms with Crippen LogP contribution in [-0.4, -0.2) is 4.57 Å². The van der Waals surface area contributed by atoms with Gasteiger partial charge in [-0.1, -0.05) is 140 Å². The lowest BCUT2D eigenvalue weighted by Gasteiger charge is -2.29. The molecule has 0 saturated heterocycles. The van der Waals surface area contributed by atoms with Crippen LogP contribution in [0.2, 0.25) is 0 Å². The number of fused-ring (bicyclic) bond motifs is 7. The molecule has 2 nitrogen and oxygen atoms in total. The molecule has 0 radical (unpaired) electrons. The molecule has 0 aliphatic heterocycles. The normalized spacial score (nSPS) is 11.6. The highest BCUT2D eigenvalue weighted by Gasteiger charge is 2.23. The van der Waals surface area contributed by atoms with E-state index in [2.05, 4.69) is 216 Å². The minimum absolute atomic E-state index is 1.10. The van der Waals surface area contributed by atoms with Crippen molar-refractivity contribution in [3.05, 3.63) is 206 Å². The molecule has 0 atom stereocenters. The Morgan fingerprint density at radius 1 is 0.382 bits per heavy atom.